The van der Waals surface area contributed by atoms with Gasteiger partial charge in [-0.1, -0.05) is 6.07 Å². The first-order valence-corrected chi connectivity index (χ1v) is 6.35. The number of benzene rings is 1. The Morgan fingerprint density at radius 2 is 1.91 bits per heavy atom. The second-order valence-corrected chi connectivity index (χ2v) is 4.50. The van der Waals surface area contributed by atoms with Crippen LogP contribution in [0.4, 0.5) is 13.2 Å². The Kier molecular flexibility index (Phi) is 6.15. The highest BCUT2D eigenvalue weighted by Crippen LogP contribution is 2.31. The standard InChI is InChI=1S/C15H15F3O4/c1-10(19)8-14(20)21-7-6-11(2)22-13-5-3-4-12(9-13)15(16,17)18/h3-6,9H,7-8H2,1-2H3/b11-6+. The second kappa shape index (κ2) is 7.63. The fourth-order valence-electron chi connectivity index (χ4n) is 1.47. The van der Waals surface area contributed by atoms with Crippen molar-refractivity contribution >= 4 is 11.8 Å². The summed E-state index contributed by atoms with van der Waals surface area (Å²) in [5.74, 6) is -0.685. The number of hydrogen-bond donors (Lipinski definition) is 0. The number of alkyl halides is 3. The highest BCUT2D eigenvalue weighted by molar-refractivity contribution is 5.94. The lowest BCUT2D eigenvalue weighted by Crippen LogP contribution is -2.09. The molecule has 0 aliphatic carbocycles. The minimum atomic E-state index is -4.45. The number of hydrogen-bond acceptors (Lipinski definition) is 4. The van der Waals surface area contributed by atoms with Crippen LogP contribution in [0.15, 0.2) is 36.1 Å². The Hall–Kier alpha value is -2.31. The molecule has 120 valence electrons. The number of carbonyl (C=O) groups excluding carboxylic acids is 2. The first-order valence-electron chi connectivity index (χ1n) is 6.35. The van der Waals surface area contributed by atoms with Crippen LogP contribution in [-0.2, 0) is 20.5 Å². The van der Waals surface area contributed by atoms with Gasteiger partial charge in [0.1, 0.15) is 30.3 Å². The lowest BCUT2D eigenvalue weighted by atomic mass is 10.2. The van der Waals surface area contributed by atoms with Crippen LogP contribution < -0.4 is 4.74 Å². The van der Waals surface area contributed by atoms with E-state index in [-0.39, 0.29) is 30.3 Å². The zero-order valence-corrected chi connectivity index (χ0v) is 12.1. The van der Waals surface area contributed by atoms with Crippen molar-refractivity contribution in [1.29, 1.82) is 0 Å². The number of rotatable bonds is 6. The lowest BCUT2D eigenvalue weighted by Gasteiger charge is -2.10. The van der Waals surface area contributed by atoms with E-state index in [0.717, 1.165) is 12.1 Å². The van der Waals surface area contributed by atoms with Gasteiger partial charge in [-0.2, -0.15) is 13.2 Å². The molecule has 0 amide bonds. The van der Waals surface area contributed by atoms with Crippen molar-refractivity contribution in [1.82, 2.24) is 0 Å². The third-order valence-electron chi connectivity index (χ3n) is 2.45. The summed E-state index contributed by atoms with van der Waals surface area (Å²) in [4.78, 5) is 21.8. The molecule has 0 radical (unpaired) electrons. The molecule has 0 aromatic heterocycles. The Morgan fingerprint density at radius 1 is 1.23 bits per heavy atom. The van der Waals surface area contributed by atoms with Crippen LogP contribution in [0.2, 0.25) is 0 Å². The van der Waals surface area contributed by atoms with Crippen LogP contribution in [0.5, 0.6) is 5.75 Å². The maximum atomic E-state index is 12.5. The molecule has 0 spiro atoms. The highest BCUT2D eigenvalue weighted by atomic mass is 19.4. The summed E-state index contributed by atoms with van der Waals surface area (Å²) in [6.45, 7) is 2.65. The van der Waals surface area contributed by atoms with Crippen molar-refractivity contribution in [3.63, 3.8) is 0 Å². The largest absolute Gasteiger partial charge is 0.462 e. The molecule has 0 saturated carbocycles. The molecule has 1 aromatic carbocycles. The van der Waals surface area contributed by atoms with Crippen LogP contribution in [0.1, 0.15) is 25.8 Å². The molecule has 0 bridgehead atoms. The summed E-state index contributed by atoms with van der Waals surface area (Å²) >= 11 is 0. The number of carbonyl (C=O) groups is 2. The lowest BCUT2D eigenvalue weighted by molar-refractivity contribution is -0.144. The van der Waals surface area contributed by atoms with Crippen LogP contribution in [0.3, 0.4) is 0 Å². The molecule has 0 saturated heterocycles. The summed E-state index contributed by atoms with van der Waals surface area (Å²) < 4.78 is 47.6. The van der Waals surface area contributed by atoms with E-state index >= 15 is 0 Å². The average molecular weight is 316 g/mol. The number of Topliss-reactive ketones (excluding diaryl/α,β-unsaturated/α-hetero) is 1. The van der Waals surface area contributed by atoms with Crippen LogP contribution >= 0.6 is 0 Å². The molecule has 0 heterocycles. The first-order chi connectivity index (χ1) is 10.2. The summed E-state index contributed by atoms with van der Waals surface area (Å²) in [7, 11) is 0. The van der Waals surface area contributed by atoms with E-state index in [1.54, 1.807) is 0 Å². The summed E-state index contributed by atoms with van der Waals surface area (Å²) in [5, 5.41) is 0. The smallest absolute Gasteiger partial charge is 0.416 e. The molecule has 22 heavy (non-hydrogen) atoms. The van der Waals surface area contributed by atoms with Crippen LogP contribution in [-0.4, -0.2) is 18.4 Å². The van der Waals surface area contributed by atoms with Gasteiger partial charge in [0.05, 0.1) is 5.56 Å². The number of allylic oxidation sites excluding steroid dienone is 1. The molecular weight excluding hydrogens is 301 g/mol. The summed E-state index contributed by atoms with van der Waals surface area (Å²) in [6, 6.07) is 4.43. The van der Waals surface area contributed by atoms with Gasteiger partial charge in [0, 0.05) is 0 Å². The molecule has 0 unspecified atom stereocenters. The first kappa shape index (κ1) is 17.7. The maximum Gasteiger partial charge on any atom is 0.416 e. The van der Waals surface area contributed by atoms with Crippen molar-refractivity contribution in [2.75, 3.05) is 6.61 Å². The van der Waals surface area contributed by atoms with Crippen molar-refractivity contribution in [3.05, 3.63) is 41.7 Å². The highest BCUT2D eigenvalue weighted by Gasteiger charge is 2.30. The van der Waals surface area contributed by atoms with Gasteiger partial charge in [-0.15, -0.1) is 0 Å². The molecule has 4 nitrogen and oxygen atoms in total. The Labute approximate surface area is 125 Å². The quantitative estimate of drug-likeness (QED) is 0.458. The molecule has 7 heteroatoms. The van der Waals surface area contributed by atoms with E-state index in [2.05, 4.69) is 0 Å². The van der Waals surface area contributed by atoms with Gasteiger partial charge >= 0.3 is 12.1 Å². The van der Waals surface area contributed by atoms with E-state index in [0.29, 0.717) is 0 Å². The van der Waals surface area contributed by atoms with E-state index < -0.39 is 17.7 Å². The minimum absolute atomic E-state index is 0.0265. The van der Waals surface area contributed by atoms with Crippen molar-refractivity contribution in [3.8, 4) is 5.75 Å². The summed E-state index contributed by atoms with van der Waals surface area (Å²) in [6.07, 6.45) is -3.38. The van der Waals surface area contributed by atoms with E-state index in [1.807, 2.05) is 0 Å². The molecule has 0 aliphatic heterocycles. The minimum Gasteiger partial charge on any atom is -0.462 e. The Balaban J connectivity index is 2.57. The predicted molar refractivity (Wildman–Crippen MR) is 72.1 cm³/mol. The zero-order valence-electron chi connectivity index (χ0n) is 12.1. The molecule has 0 aliphatic rings. The van der Waals surface area contributed by atoms with E-state index in [4.69, 9.17) is 9.47 Å². The number of ketones is 1. The van der Waals surface area contributed by atoms with Crippen LogP contribution in [0, 0.1) is 0 Å². The number of halogens is 3. The Morgan fingerprint density at radius 3 is 2.50 bits per heavy atom. The normalized spacial score (nSPS) is 12.0. The summed E-state index contributed by atoms with van der Waals surface area (Å²) in [5.41, 5.74) is -0.814. The van der Waals surface area contributed by atoms with Crippen molar-refractivity contribution < 1.29 is 32.2 Å². The average Bonchev–Trinajstić information content (AvgIpc) is 2.37. The fraction of sp³-hybridized carbons (Fsp3) is 0.333. The van der Waals surface area contributed by atoms with Gasteiger partial charge in [-0.3, -0.25) is 9.59 Å². The SMILES string of the molecule is CC(=O)CC(=O)OC/C=C(\C)Oc1cccc(C(F)(F)F)c1. The maximum absolute atomic E-state index is 12.5. The van der Waals surface area contributed by atoms with Gasteiger partial charge in [-0.05, 0) is 38.1 Å². The predicted octanol–water partition coefficient (Wildman–Crippen LogP) is 3.51. The molecule has 1 rings (SSSR count). The van der Waals surface area contributed by atoms with Gasteiger partial charge in [0.2, 0.25) is 0 Å². The third kappa shape index (κ3) is 6.43. The number of esters is 1. The Bertz CT molecular complexity index is 576. The van der Waals surface area contributed by atoms with Gasteiger partial charge < -0.3 is 9.47 Å². The van der Waals surface area contributed by atoms with Gasteiger partial charge in [0.15, 0.2) is 0 Å². The van der Waals surface area contributed by atoms with Crippen molar-refractivity contribution in [2.45, 2.75) is 26.4 Å². The molecular formula is C15H15F3O4. The number of ether oxygens (including phenoxy) is 2. The van der Waals surface area contributed by atoms with E-state index in [9.17, 15) is 22.8 Å². The molecule has 0 atom stereocenters. The fourth-order valence-corrected chi connectivity index (χ4v) is 1.47. The monoisotopic (exact) mass is 316 g/mol. The van der Waals surface area contributed by atoms with Crippen molar-refractivity contribution in [2.24, 2.45) is 0 Å². The van der Waals surface area contributed by atoms with Gasteiger partial charge in [-0.25, -0.2) is 0 Å². The van der Waals surface area contributed by atoms with E-state index in [1.165, 1.54) is 32.1 Å². The van der Waals surface area contributed by atoms with Gasteiger partial charge in [0.25, 0.3) is 0 Å². The third-order valence-corrected chi connectivity index (χ3v) is 2.45. The second-order valence-electron chi connectivity index (χ2n) is 4.50. The van der Waals surface area contributed by atoms with Crippen LogP contribution in [0.25, 0.3) is 0 Å². The zero-order chi connectivity index (χ0) is 16.8. The molecule has 0 N–H and O–H groups in total. The molecule has 0 fully saturated rings. The molecule has 1 aromatic rings. The topological polar surface area (TPSA) is 52.6 Å².